The molecule has 3 aromatic carbocycles. The molecule has 0 spiro atoms. The van der Waals surface area contributed by atoms with Crippen molar-refractivity contribution in [1.29, 1.82) is 0 Å². The van der Waals surface area contributed by atoms with Crippen LogP contribution in [0.5, 0.6) is 0 Å². The third-order valence-electron chi connectivity index (χ3n) is 5.07. The third-order valence-corrected chi connectivity index (χ3v) is 5.07. The SMILES string of the molecule is Fc1c[c-]c(-c2ccccn2)c(F)c1.Fc1c[c-]c(-c2ncccn2)c(F)c1.Fc1c[c-]c(-c2ncccn2)c(F)c1.[Ir+3]. The van der Waals surface area contributed by atoms with E-state index in [2.05, 4.69) is 43.1 Å². The molecule has 0 atom stereocenters. The van der Waals surface area contributed by atoms with Gasteiger partial charge in [0, 0.05) is 65.9 Å². The van der Waals surface area contributed by atoms with E-state index in [4.69, 9.17) is 0 Å². The first kappa shape index (κ1) is 32.7. The molecular weight excluding hydrogens is 749 g/mol. The number of hydrogen-bond acceptors (Lipinski definition) is 5. The average Bonchev–Trinajstić information content (AvgIpc) is 2.99. The van der Waals surface area contributed by atoms with Crippen LogP contribution < -0.4 is 0 Å². The van der Waals surface area contributed by atoms with Crippen LogP contribution >= 0.6 is 0 Å². The van der Waals surface area contributed by atoms with Crippen molar-refractivity contribution < 1.29 is 46.4 Å². The van der Waals surface area contributed by atoms with Crippen LogP contribution in [0.15, 0.2) is 97.7 Å². The molecule has 0 saturated carbocycles. The zero-order valence-electron chi connectivity index (χ0n) is 21.6. The van der Waals surface area contributed by atoms with Gasteiger partial charge in [0.2, 0.25) is 0 Å². The number of rotatable bonds is 3. The van der Waals surface area contributed by atoms with Crippen LogP contribution in [-0.2, 0) is 20.1 Å². The Hall–Kier alpha value is -4.80. The minimum Gasteiger partial charge on any atom is -0.305 e. The van der Waals surface area contributed by atoms with Gasteiger partial charge in [0.15, 0.2) is 0 Å². The molecule has 0 N–H and O–H groups in total. The molecule has 0 bridgehead atoms. The fraction of sp³-hybridized carbons (Fsp3) is 0. The molecule has 43 heavy (non-hydrogen) atoms. The minimum atomic E-state index is -0.712. The summed E-state index contributed by atoms with van der Waals surface area (Å²) in [5, 5.41) is 0. The molecule has 0 amide bonds. The summed E-state index contributed by atoms with van der Waals surface area (Å²) < 4.78 is 77.3. The molecule has 6 rings (SSSR count). The summed E-state index contributed by atoms with van der Waals surface area (Å²) in [4.78, 5) is 19.3. The molecule has 5 nitrogen and oxygen atoms in total. The van der Waals surface area contributed by atoms with E-state index in [1.54, 1.807) is 36.5 Å². The van der Waals surface area contributed by atoms with Crippen molar-refractivity contribution in [2.45, 2.75) is 0 Å². The molecule has 0 aliphatic carbocycles. The largest absolute Gasteiger partial charge is 3.00 e. The number of halogens is 6. The maximum Gasteiger partial charge on any atom is 3.00 e. The van der Waals surface area contributed by atoms with Gasteiger partial charge in [-0.3, -0.25) is 46.3 Å². The second-order valence-electron chi connectivity index (χ2n) is 7.98. The Kier molecular flexibility index (Phi) is 12.2. The summed E-state index contributed by atoms with van der Waals surface area (Å²) >= 11 is 0. The summed E-state index contributed by atoms with van der Waals surface area (Å²) in [5.41, 5.74) is 0.788. The molecule has 0 fully saturated rings. The second-order valence-corrected chi connectivity index (χ2v) is 7.98. The maximum absolute atomic E-state index is 13.2. The van der Waals surface area contributed by atoms with Gasteiger partial charge in [0.1, 0.15) is 0 Å². The van der Waals surface area contributed by atoms with E-state index in [9.17, 15) is 26.3 Å². The van der Waals surface area contributed by atoms with Gasteiger partial charge in [-0.1, -0.05) is 47.0 Å². The Morgan fingerprint density at radius 2 is 0.814 bits per heavy atom. The van der Waals surface area contributed by atoms with Gasteiger partial charge in [-0.25, -0.2) is 0 Å². The van der Waals surface area contributed by atoms with E-state index in [1.807, 2.05) is 0 Å². The molecule has 6 aromatic rings. The molecule has 0 unspecified atom stereocenters. The smallest absolute Gasteiger partial charge is 0.305 e. The van der Waals surface area contributed by atoms with Crippen LogP contribution in [0.4, 0.5) is 26.3 Å². The second kappa shape index (κ2) is 16.0. The van der Waals surface area contributed by atoms with Crippen molar-refractivity contribution in [3.05, 3.63) is 151 Å². The van der Waals surface area contributed by atoms with Crippen molar-refractivity contribution >= 4 is 0 Å². The zero-order valence-corrected chi connectivity index (χ0v) is 24.0. The number of hydrogen-bond donors (Lipinski definition) is 0. The number of pyridine rings is 1. The van der Waals surface area contributed by atoms with Gasteiger partial charge in [-0.05, 0) is 23.9 Å². The zero-order chi connectivity index (χ0) is 29.9. The summed E-state index contributed by atoms with van der Waals surface area (Å²) in [6, 6.07) is 21.3. The standard InChI is InChI=1S/C11H6F2N.2C10H5F2N2.Ir/c12-8-4-5-9(10(13)7-8)11-3-1-2-6-14-11;2*11-7-2-3-8(9(12)6-7)10-13-4-1-5-14-10;/h1-4,6-7H;2*1-2,4-6H;/q3*-1;+3. The quantitative estimate of drug-likeness (QED) is 0.140. The van der Waals surface area contributed by atoms with Crippen LogP contribution in [0.3, 0.4) is 0 Å². The Balaban J connectivity index is 0.000000175. The van der Waals surface area contributed by atoms with E-state index in [0.717, 1.165) is 36.4 Å². The van der Waals surface area contributed by atoms with Crippen molar-refractivity contribution in [3.8, 4) is 34.0 Å². The molecule has 0 aliphatic heterocycles. The third kappa shape index (κ3) is 9.35. The van der Waals surface area contributed by atoms with Gasteiger partial charge in [0.25, 0.3) is 0 Å². The predicted octanol–water partition coefficient (Wildman–Crippen LogP) is 7.27. The van der Waals surface area contributed by atoms with Crippen molar-refractivity contribution in [2.75, 3.05) is 0 Å². The van der Waals surface area contributed by atoms with E-state index >= 15 is 0 Å². The summed E-state index contributed by atoms with van der Waals surface area (Å²) in [6.45, 7) is 0. The van der Waals surface area contributed by atoms with Crippen LogP contribution in [0.25, 0.3) is 34.0 Å². The molecule has 216 valence electrons. The average molecular weight is 765 g/mol. The van der Waals surface area contributed by atoms with Crippen LogP contribution in [0.1, 0.15) is 0 Å². The van der Waals surface area contributed by atoms with Crippen LogP contribution in [0, 0.1) is 53.1 Å². The molecular formula is C31H16F6IrN5. The summed E-state index contributed by atoms with van der Waals surface area (Å²) in [5.74, 6) is -3.64. The van der Waals surface area contributed by atoms with E-state index in [1.165, 1.54) is 24.8 Å². The van der Waals surface area contributed by atoms with E-state index in [0.29, 0.717) is 5.69 Å². The Labute approximate surface area is 255 Å². The normalized spacial score (nSPS) is 9.91. The first-order valence-corrected chi connectivity index (χ1v) is 11.9. The molecule has 0 radical (unpaired) electrons. The first-order chi connectivity index (χ1) is 20.3. The predicted molar refractivity (Wildman–Crippen MR) is 141 cm³/mol. The molecule has 3 aromatic heterocycles. The van der Waals surface area contributed by atoms with Crippen molar-refractivity contribution in [1.82, 2.24) is 24.9 Å². The first-order valence-electron chi connectivity index (χ1n) is 11.9. The number of benzene rings is 3. The molecule has 0 aliphatic rings. The summed E-state index contributed by atoms with van der Waals surface area (Å²) in [7, 11) is 0. The monoisotopic (exact) mass is 765 g/mol. The number of nitrogens with zero attached hydrogens (tertiary/aromatic N) is 5. The Morgan fingerprint density at radius 3 is 1.16 bits per heavy atom. The Morgan fingerprint density at radius 1 is 0.442 bits per heavy atom. The van der Waals surface area contributed by atoms with Crippen molar-refractivity contribution in [2.24, 2.45) is 0 Å². The number of aromatic nitrogens is 5. The fourth-order valence-corrected chi connectivity index (χ4v) is 3.24. The van der Waals surface area contributed by atoms with Gasteiger partial charge in [-0.15, -0.1) is 36.4 Å². The minimum absolute atomic E-state index is 0. The topological polar surface area (TPSA) is 64.5 Å². The summed E-state index contributed by atoms with van der Waals surface area (Å²) in [6.07, 6.45) is 7.49. The van der Waals surface area contributed by atoms with Gasteiger partial charge >= 0.3 is 20.1 Å². The van der Waals surface area contributed by atoms with Crippen molar-refractivity contribution in [3.63, 3.8) is 0 Å². The molecule has 0 saturated heterocycles. The van der Waals surface area contributed by atoms with E-state index < -0.39 is 34.9 Å². The van der Waals surface area contributed by atoms with Crippen LogP contribution in [0.2, 0.25) is 0 Å². The van der Waals surface area contributed by atoms with Gasteiger partial charge in [-0.2, -0.15) is 0 Å². The van der Waals surface area contributed by atoms with E-state index in [-0.39, 0.29) is 48.4 Å². The molecule has 3 heterocycles. The van der Waals surface area contributed by atoms with Crippen LogP contribution in [-0.4, -0.2) is 24.9 Å². The van der Waals surface area contributed by atoms with Gasteiger partial charge < -0.3 is 4.98 Å². The Bertz CT molecular complexity index is 1540. The molecule has 12 heteroatoms. The maximum atomic E-state index is 13.2. The fourth-order valence-electron chi connectivity index (χ4n) is 3.24. The van der Waals surface area contributed by atoms with Gasteiger partial charge in [0.05, 0.1) is 11.6 Å².